The van der Waals surface area contributed by atoms with Crippen molar-refractivity contribution in [1.82, 2.24) is 9.80 Å². The van der Waals surface area contributed by atoms with Gasteiger partial charge in [0.2, 0.25) is 0 Å². The Bertz CT molecular complexity index is 153. The number of piperazine rings is 1. The number of halogens is 1. The predicted octanol–water partition coefficient (Wildman–Crippen LogP) is 1.33. The van der Waals surface area contributed by atoms with E-state index < -0.39 is 6.30 Å². The summed E-state index contributed by atoms with van der Waals surface area (Å²) >= 11 is 0. The second kappa shape index (κ2) is 3.30. The van der Waals surface area contributed by atoms with E-state index in [2.05, 4.69) is 20.8 Å². The molecule has 12 heavy (non-hydrogen) atoms. The van der Waals surface area contributed by atoms with Crippen LogP contribution >= 0.6 is 0 Å². The molecule has 0 aromatic rings. The second-order valence-corrected chi connectivity index (χ2v) is 4.56. The van der Waals surface area contributed by atoms with E-state index in [1.807, 2.05) is 16.8 Å². The smallest absolute Gasteiger partial charge is 0.166 e. The molecule has 1 saturated heterocycles. The summed E-state index contributed by atoms with van der Waals surface area (Å²) in [6.45, 7) is 8.52. The fourth-order valence-electron chi connectivity index (χ4n) is 1.62. The monoisotopic (exact) mass is 174 g/mol. The minimum atomic E-state index is -0.802. The third kappa shape index (κ3) is 2.17. The van der Waals surface area contributed by atoms with Crippen molar-refractivity contribution < 1.29 is 4.39 Å². The van der Waals surface area contributed by atoms with Gasteiger partial charge in [-0.25, -0.2) is 4.39 Å². The van der Waals surface area contributed by atoms with Gasteiger partial charge in [0.1, 0.15) is 0 Å². The molecule has 1 aliphatic rings. The van der Waals surface area contributed by atoms with E-state index in [1.54, 1.807) is 0 Å². The average Bonchev–Trinajstić information content (AvgIpc) is 1.83. The van der Waals surface area contributed by atoms with Crippen LogP contribution in [0.3, 0.4) is 0 Å². The zero-order valence-electron chi connectivity index (χ0n) is 8.47. The molecule has 3 heteroatoms. The first kappa shape index (κ1) is 9.93. The lowest BCUT2D eigenvalue weighted by Crippen LogP contribution is -2.56. The van der Waals surface area contributed by atoms with Crippen molar-refractivity contribution in [2.45, 2.75) is 32.6 Å². The van der Waals surface area contributed by atoms with E-state index in [1.165, 1.54) is 0 Å². The number of rotatable bonds is 0. The van der Waals surface area contributed by atoms with Crippen LogP contribution in [0.1, 0.15) is 20.8 Å². The summed E-state index contributed by atoms with van der Waals surface area (Å²) in [5, 5.41) is 0. The van der Waals surface area contributed by atoms with Gasteiger partial charge in [-0.1, -0.05) is 0 Å². The second-order valence-electron chi connectivity index (χ2n) is 4.56. The lowest BCUT2D eigenvalue weighted by Gasteiger charge is -2.43. The molecule has 1 unspecified atom stereocenters. The van der Waals surface area contributed by atoms with Crippen molar-refractivity contribution in [3.05, 3.63) is 0 Å². The molecule has 1 fully saturated rings. The number of nitrogens with zero attached hydrogens (tertiary/aromatic N) is 2. The van der Waals surface area contributed by atoms with Gasteiger partial charge in [0.25, 0.3) is 0 Å². The first-order valence-electron chi connectivity index (χ1n) is 4.50. The maximum atomic E-state index is 13.5. The molecule has 1 heterocycles. The summed E-state index contributed by atoms with van der Waals surface area (Å²) in [5.74, 6) is 0. The van der Waals surface area contributed by atoms with E-state index in [4.69, 9.17) is 0 Å². The van der Waals surface area contributed by atoms with E-state index in [9.17, 15) is 4.39 Å². The highest BCUT2D eigenvalue weighted by atomic mass is 19.1. The summed E-state index contributed by atoms with van der Waals surface area (Å²) in [7, 11) is 1.96. The number of likely N-dealkylation sites (N-methyl/N-ethyl adjacent to an activating group) is 1. The fraction of sp³-hybridized carbons (Fsp3) is 1.00. The van der Waals surface area contributed by atoms with Crippen LogP contribution in [0.25, 0.3) is 0 Å². The van der Waals surface area contributed by atoms with E-state index in [-0.39, 0.29) is 5.54 Å². The Morgan fingerprint density at radius 1 is 1.25 bits per heavy atom. The highest BCUT2D eigenvalue weighted by Crippen LogP contribution is 2.20. The van der Waals surface area contributed by atoms with Gasteiger partial charge in [0.05, 0.1) is 0 Å². The third-order valence-electron chi connectivity index (χ3n) is 2.38. The lowest BCUT2D eigenvalue weighted by molar-refractivity contribution is -0.0450. The first-order chi connectivity index (χ1) is 5.41. The summed E-state index contributed by atoms with van der Waals surface area (Å²) in [6, 6.07) is 0. The highest BCUT2D eigenvalue weighted by Gasteiger charge is 2.32. The largest absolute Gasteiger partial charge is 0.301 e. The quantitative estimate of drug-likeness (QED) is 0.511. The molecule has 72 valence electrons. The molecular weight excluding hydrogens is 155 g/mol. The number of alkyl halides is 1. The van der Waals surface area contributed by atoms with Gasteiger partial charge in [-0.2, -0.15) is 0 Å². The van der Waals surface area contributed by atoms with Gasteiger partial charge in [-0.05, 0) is 27.8 Å². The van der Waals surface area contributed by atoms with Gasteiger partial charge in [-0.3, -0.25) is 4.90 Å². The van der Waals surface area contributed by atoms with E-state index in [0.29, 0.717) is 6.54 Å². The van der Waals surface area contributed by atoms with Crippen LogP contribution in [-0.2, 0) is 0 Å². The van der Waals surface area contributed by atoms with Crippen LogP contribution in [0.4, 0.5) is 4.39 Å². The number of hydrogen-bond donors (Lipinski definition) is 0. The van der Waals surface area contributed by atoms with Gasteiger partial charge in [-0.15, -0.1) is 0 Å². The zero-order chi connectivity index (χ0) is 9.35. The zero-order valence-corrected chi connectivity index (χ0v) is 8.47. The normalized spacial score (nSPS) is 29.2. The minimum absolute atomic E-state index is 0.0410. The van der Waals surface area contributed by atoms with Crippen molar-refractivity contribution in [3.8, 4) is 0 Å². The molecule has 0 radical (unpaired) electrons. The molecule has 2 nitrogen and oxygen atoms in total. The highest BCUT2D eigenvalue weighted by molar-refractivity contribution is 4.83. The Morgan fingerprint density at radius 2 is 1.83 bits per heavy atom. The van der Waals surface area contributed by atoms with Crippen LogP contribution in [0.15, 0.2) is 0 Å². The molecular formula is C9H19FN2. The Hall–Kier alpha value is -0.150. The molecule has 0 aromatic heterocycles. The van der Waals surface area contributed by atoms with E-state index >= 15 is 0 Å². The molecule has 0 aromatic carbocycles. The Labute approximate surface area is 74.3 Å². The molecule has 1 rings (SSSR count). The Kier molecular flexibility index (Phi) is 2.74. The maximum Gasteiger partial charge on any atom is 0.166 e. The molecule has 0 saturated carbocycles. The number of hydrogen-bond acceptors (Lipinski definition) is 2. The molecule has 0 amide bonds. The van der Waals surface area contributed by atoms with Crippen LogP contribution < -0.4 is 0 Å². The summed E-state index contributed by atoms with van der Waals surface area (Å²) in [5.41, 5.74) is -0.0410. The van der Waals surface area contributed by atoms with Crippen LogP contribution in [0.2, 0.25) is 0 Å². The van der Waals surface area contributed by atoms with Crippen molar-refractivity contribution in [1.29, 1.82) is 0 Å². The molecule has 1 aliphatic heterocycles. The average molecular weight is 174 g/mol. The fourth-order valence-corrected chi connectivity index (χ4v) is 1.62. The molecule has 0 N–H and O–H groups in total. The topological polar surface area (TPSA) is 6.48 Å². The van der Waals surface area contributed by atoms with Crippen LogP contribution in [0, 0.1) is 0 Å². The van der Waals surface area contributed by atoms with Crippen molar-refractivity contribution in [3.63, 3.8) is 0 Å². The maximum absolute atomic E-state index is 13.5. The van der Waals surface area contributed by atoms with Crippen molar-refractivity contribution in [2.75, 3.05) is 26.7 Å². The first-order valence-corrected chi connectivity index (χ1v) is 4.50. The third-order valence-corrected chi connectivity index (χ3v) is 2.38. The molecule has 0 aliphatic carbocycles. The van der Waals surface area contributed by atoms with Crippen molar-refractivity contribution in [2.24, 2.45) is 0 Å². The van der Waals surface area contributed by atoms with E-state index in [0.717, 1.165) is 13.1 Å². The van der Waals surface area contributed by atoms with Gasteiger partial charge < -0.3 is 4.90 Å². The molecule has 0 spiro atoms. The Balaban J connectivity index is 2.57. The molecule has 0 bridgehead atoms. The summed E-state index contributed by atoms with van der Waals surface area (Å²) in [6.07, 6.45) is -0.802. The Morgan fingerprint density at radius 3 is 2.25 bits per heavy atom. The predicted molar refractivity (Wildman–Crippen MR) is 48.9 cm³/mol. The van der Waals surface area contributed by atoms with Crippen molar-refractivity contribution >= 4 is 0 Å². The lowest BCUT2D eigenvalue weighted by atomic mass is 10.0. The summed E-state index contributed by atoms with van der Waals surface area (Å²) < 4.78 is 13.5. The van der Waals surface area contributed by atoms with Gasteiger partial charge >= 0.3 is 0 Å². The standard InChI is InChI=1S/C9H19FN2/c1-9(2,3)12-6-5-11(4)7-8(12)10/h8H,5-7H2,1-4H3. The van der Waals surface area contributed by atoms with Crippen LogP contribution in [0.5, 0.6) is 0 Å². The summed E-state index contributed by atoms with van der Waals surface area (Å²) in [4.78, 5) is 3.96. The van der Waals surface area contributed by atoms with Gasteiger partial charge in [0, 0.05) is 25.2 Å². The minimum Gasteiger partial charge on any atom is -0.301 e. The SMILES string of the molecule is CN1CCN(C(C)(C)C)C(F)C1. The van der Waals surface area contributed by atoms with Gasteiger partial charge in [0.15, 0.2) is 6.30 Å². The van der Waals surface area contributed by atoms with Crippen LogP contribution in [-0.4, -0.2) is 48.3 Å². The molecule has 1 atom stereocenters.